The summed E-state index contributed by atoms with van der Waals surface area (Å²) in [7, 11) is 0. The molecule has 1 aromatic heterocycles. The minimum atomic E-state index is -4.64. The standard InChI is InChI=1S/C19H18F3N3O/c1-12(2)13-7-9-14(10-8-13)23-17(26)11-25-16-6-4-3-5-15(16)24-18(25)19(20,21)22/h3-10,12H,11H2,1-2H3,(H,23,26). The Morgan fingerprint density at radius 3 is 2.38 bits per heavy atom. The molecule has 4 nitrogen and oxygen atoms in total. The lowest BCUT2D eigenvalue weighted by Gasteiger charge is -2.12. The van der Waals surface area contributed by atoms with E-state index < -0.39 is 24.5 Å². The zero-order chi connectivity index (χ0) is 18.9. The molecule has 0 aliphatic rings. The predicted octanol–water partition coefficient (Wildman–Crippen LogP) is 4.82. The van der Waals surface area contributed by atoms with Gasteiger partial charge in [-0.2, -0.15) is 13.2 Å². The van der Waals surface area contributed by atoms with Crippen LogP contribution in [0, 0.1) is 0 Å². The van der Waals surface area contributed by atoms with E-state index in [-0.39, 0.29) is 11.0 Å². The molecule has 0 radical (unpaired) electrons. The molecule has 0 atom stereocenters. The molecule has 26 heavy (non-hydrogen) atoms. The van der Waals surface area contributed by atoms with E-state index in [1.54, 1.807) is 24.3 Å². The molecule has 0 saturated carbocycles. The average Bonchev–Trinajstić information content (AvgIpc) is 2.94. The Bertz CT molecular complexity index is 927. The first-order valence-electron chi connectivity index (χ1n) is 8.18. The highest BCUT2D eigenvalue weighted by Crippen LogP contribution is 2.31. The number of anilines is 1. The van der Waals surface area contributed by atoms with E-state index in [0.717, 1.165) is 10.1 Å². The zero-order valence-corrected chi connectivity index (χ0v) is 14.3. The number of hydrogen-bond acceptors (Lipinski definition) is 2. The van der Waals surface area contributed by atoms with Gasteiger partial charge in [0.2, 0.25) is 11.7 Å². The lowest BCUT2D eigenvalue weighted by Crippen LogP contribution is -2.23. The Morgan fingerprint density at radius 1 is 1.12 bits per heavy atom. The predicted molar refractivity (Wildman–Crippen MR) is 93.9 cm³/mol. The van der Waals surface area contributed by atoms with Crippen LogP contribution in [0.1, 0.15) is 31.2 Å². The fourth-order valence-electron chi connectivity index (χ4n) is 2.75. The molecule has 2 aromatic carbocycles. The minimum Gasteiger partial charge on any atom is -0.325 e. The molecule has 0 spiro atoms. The number of para-hydroxylation sites is 2. The van der Waals surface area contributed by atoms with Crippen molar-refractivity contribution in [2.24, 2.45) is 0 Å². The highest BCUT2D eigenvalue weighted by atomic mass is 19.4. The lowest BCUT2D eigenvalue weighted by molar-refractivity contribution is -0.147. The van der Waals surface area contributed by atoms with Crippen molar-refractivity contribution in [2.75, 3.05) is 5.32 Å². The van der Waals surface area contributed by atoms with Crippen LogP contribution in [-0.4, -0.2) is 15.5 Å². The third kappa shape index (κ3) is 3.71. The van der Waals surface area contributed by atoms with Crippen LogP contribution in [0.25, 0.3) is 11.0 Å². The zero-order valence-electron chi connectivity index (χ0n) is 14.3. The molecule has 136 valence electrons. The molecule has 1 heterocycles. The molecular formula is C19H18F3N3O. The van der Waals surface area contributed by atoms with Crippen LogP contribution in [0.5, 0.6) is 0 Å². The van der Waals surface area contributed by atoms with Crippen molar-refractivity contribution in [1.82, 2.24) is 9.55 Å². The minimum absolute atomic E-state index is 0.203. The third-order valence-electron chi connectivity index (χ3n) is 4.07. The van der Waals surface area contributed by atoms with Crippen LogP contribution in [0.3, 0.4) is 0 Å². The van der Waals surface area contributed by atoms with Crippen LogP contribution in [0.2, 0.25) is 0 Å². The third-order valence-corrected chi connectivity index (χ3v) is 4.07. The fourth-order valence-corrected chi connectivity index (χ4v) is 2.75. The number of rotatable bonds is 4. The summed E-state index contributed by atoms with van der Waals surface area (Å²) < 4.78 is 40.7. The van der Waals surface area contributed by atoms with Crippen molar-refractivity contribution in [3.63, 3.8) is 0 Å². The van der Waals surface area contributed by atoms with Crippen LogP contribution < -0.4 is 5.32 Å². The van der Waals surface area contributed by atoms with Gasteiger partial charge in [0.1, 0.15) is 6.54 Å². The summed E-state index contributed by atoms with van der Waals surface area (Å²) in [5.74, 6) is -1.27. The van der Waals surface area contributed by atoms with Crippen molar-refractivity contribution < 1.29 is 18.0 Å². The monoisotopic (exact) mass is 361 g/mol. The van der Waals surface area contributed by atoms with Gasteiger partial charge in [0.05, 0.1) is 11.0 Å². The first-order chi connectivity index (χ1) is 12.3. The van der Waals surface area contributed by atoms with E-state index in [2.05, 4.69) is 24.1 Å². The van der Waals surface area contributed by atoms with Gasteiger partial charge in [0, 0.05) is 5.69 Å². The topological polar surface area (TPSA) is 46.9 Å². The van der Waals surface area contributed by atoms with Crippen molar-refractivity contribution in [3.8, 4) is 0 Å². The summed E-state index contributed by atoms with van der Waals surface area (Å²) in [5.41, 5.74) is 2.12. The SMILES string of the molecule is CC(C)c1ccc(NC(=O)Cn2c(C(F)(F)F)nc3ccccc32)cc1. The second-order valence-electron chi connectivity index (χ2n) is 6.33. The number of halogens is 3. The van der Waals surface area contributed by atoms with Crippen LogP contribution in [-0.2, 0) is 17.5 Å². The number of nitrogens with zero attached hydrogens (tertiary/aromatic N) is 2. The number of hydrogen-bond donors (Lipinski definition) is 1. The maximum atomic E-state index is 13.3. The van der Waals surface area contributed by atoms with E-state index >= 15 is 0 Å². The Morgan fingerprint density at radius 2 is 1.77 bits per heavy atom. The highest BCUT2D eigenvalue weighted by molar-refractivity contribution is 5.91. The number of alkyl halides is 3. The Hall–Kier alpha value is -2.83. The van der Waals surface area contributed by atoms with Crippen molar-refractivity contribution in [2.45, 2.75) is 32.5 Å². The largest absolute Gasteiger partial charge is 0.449 e. The van der Waals surface area contributed by atoms with Gasteiger partial charge in [-0.05, 0) is 35.7 Å². The maximum Gasteiger partial charge on any atom is 0.449 e. The second kappa shape index (κ2) is 6.82. The Labute approximate surface area is 148 Å². The summed E-state index contributed by atoms with van der Waals surface area (Å²) in [6, 6.07) is 13.5. The molecule has 7 heteroatoms. The van der Waals surface area contributed by atoms with Crippen LogP contribution in [0.4, 0.5) is 18.9 Å². The summed E-state index contributed by atoms with van der Waals surface area (Å²) in [6.07, 6.45) is -4.64. The average molecular weight is 361 g/mol. The van der Waals surface area contributed by atoms with Gasteiger partial charge in [-0.15, -0.1) is 0 Å². The number of aromatic nitrogens is 2. The number of benzene rings is 2. The van der Waals surface area contributed by atoms with Gasteiger partial charge in [-0.3, -0.25) is 4.79 Å². The molecular weight excluding hydrogens is 343 g/mol. The summed E-state index contributed by atoms with van der Waals surface area (Å²) in [5, 5.41) is 2.63. The number of carbonyl (C=O) groups excluding carboxylic acids is 1. The fraction of sp³-hybridized carbons (Fsp3) is 0.263. The molecule has 0 saturated heterocycles. The highest BCUT2D eigenvalue weighted by Gasteiger charge is 2.37. The number of carbonyl (C=O) groups is 1. The molecule has 1 amide bonds. The molecule has 3 aromatic rings. The molecule has 1 N–H and O–H groups in total. The van der Waals surface area contributed by atoms with Crippen molar-refractivity contribution in [3.05, 3.63) is 59.9 Å². The van der Waals surface area contributed by atoms with Crippen molar-refractivity contribution in [1.29, 1.82) is 0 Å². The van der Waals surface area contributed by atoms with E-state index in [9.17, 15) is 18.0 Å². The Kier molecular flexibility index (Phi) is 4.71. The first kappa shape index (κ1) is 18.0. The summed E-state index contributed by atoms with van der Waals surface area (Å²) >= 11 is 0. The number of imidazole rings is 1. The van der Waals surface area contributed by atoms with Crippen LogP contribution in [0.15, 0.2) is 48.5 Å². The van der Waals surface area contributed by atoms with Gasteiger partial charge in [-0.1, -0.05) is 38.1 Å². The van der Waals surface area contributed by atoms with Gasteiger partial charge in [0.15, 0.2) is 0 Å². The molecule has 0 aliphatic heterocycles. The van der Waals surface area contributed by atoms with Gasteiger partial charge in [0.25, 0.3) is 0 Å². The maximum absolute atomic E-state index is 13.3. The quantitative estimate of drug-likeness (QED) is 0.724. The molecule has 0 aliphatic carbocycles. The van der Waals surface area contributed by atoms with Gasteiger partial charge >= 0.3 is 6.18 Å². The van der Waals surface area contributed by atoms with E-state index in [1.807, 2.05) is 12.1 Å². The number of fused-ring (bicyclic) bond motifs is 1. The number of amides is 1. The Balaban J connectivity index is 1.85. The smallest absolute Gasteiger partial charge is 0.325 e. The van der Waals surface area contributed by atoms with E-state index in [4.69, 9.17) is 0 Å². The molecule has 0 bridgehead atoms. The molecule has 0 unspecified atom stereocenters. The van der Waals surface area contributed by atoms with Crippen LogP contribution >= 0.6 is 0 Å². The first-order valence-corrected chi connectivity index (χ1v) is 8.18. The summed E-state index contributed by atoms with van der Waals surface area (Å²) in [6.45, 7) is 3.63. The van der Waals surface area contributed by atoms with Gasteiger partial charge in [-0.25, -0.2) is 4.98 Å². The normalized spacial score (nSPS) is 11.9. The second-order valence-corrected chi connectivity index (χ2v) is 6.33. The molecule has 3 rings (SSSR count). The summed E-state index contributed by atoms with van der Waals surface area (Å²) in [4.78, 5) is 15.9. The van der Waals surface area contributed by atoms with E-state index in [0.29, 0.717) is 11.6 Å². The van der Waals surface area contributed by atoms with Gasteiger partial charge < -0.3 is 9.88 Å². The lowest BCUT2D eigenvalue weighted by atomic mass is 10.0. The number of nitrogens with one attached hydrogen (secondary N) is 1. The van der Waals surface area contributed by atoms with Crippen molar-refractivity contribution >= 4 is 22.6 Å². The molecule has 0 fully saturated rings. The van der Waals surface area contributed by atoms with E-state index in [1.165, 1.54) is 12.1 Å².